The van der Waals surface area contributed by atoms with E-state index in [0.717, 1.165) is 6.20 Å². The molecule has 1 rings (SSSR count). The van der Waals surface area contributed by atoms with Crippen molar-refractivity contribution in [3.05, 3.63) is 17.0 Å². The number of anilines is 1. The Hall–Kier alpha value is -1.44. The zero-order valence-corrected chi connectivity index (χ0v) is 8.22. The Labute approximate surface area is 89.7 Å². The first-order valence-corrected chi connectivity index (χ1v) is 4.24. The van der Waals surface area contributed by atoms with Crippen LogP contribution in [0, 0.1) is 0 Å². The van der Waals surface area contributed by atoms with Gasteiger partial charge < -0.3 is 21.7 Å². The summed E-state index contributed by atoms with van der Waals surface area (Å²) in [7, 11) is 0. The fraction of sp³-hybridized carbons (Fsp3) is 0.286. The van der Waals surface area contributed by atoms with Crippen molar-refractivity contribution in [3.63, 3.8) is 0 Å². The topological polar surface area (TPSA) is 135 Å². The van der Waals surface area contributed by atoms with Crippen molar-refractivity contribution in [1.29, 1.82) is 0 Å². The molecule has 0 spiro atoms. The van der Waals surface area contributed by atoms with Crippen LogP contribution in [0.25, 0.3) is 0 Å². The molecule has 1 amide bonds. The molecular weight excluding hydrogens is 224 g/mol. The first kappa shape index (κ1) is 11.6. The molecule has 1 aromatic heterocycles. The second kappa shape index (κ2) is 4.39. The zero-order valence-electron chi connectivity index (χ0n) is 7.46. The van der Waals surface area contributed by atoms with Crippen molar-refractivity contribution in [2.24, 2.45) is 5.73 Å². The van der Waals surface area contributed by atoms with Crippen molar-refractivity contribution in [2.75, 3.05) is 5.73 Å². The number of rotatable bonds is 3. The number of nitrogens with two attached hydrogens (primary N) is 2. The number of aliphatic hydroxyl groups excluding tert-OH is 2. The highest BCUT2D eigenvalue weighted by Gasteiger charge is 2.25. The van der Waals surface area contributed by atoms with Gasteiger partial charge in [-0.15, -0.1) is 0 Å². The molecule has 2 atom stereocenters. The van der Waals surface area contributed by atoms with Gasteiger partial charge in [0.2, 0.25) is 5.91 Å². The van der Waals surface area contributed by atoms with Crippen molar-refractivity contribution >= 4 is 23.3 Å². The number of nitrogens with zero attached hydrogens (tertiary/aromatic N) is 2. The van der Waals surface area contributed by atoms with Gasteiger partial charge in [0.25, 0.3) is 0 Å². The van der Waals surface area contributed by atoms with Crippen LogP contribution in [0.4, 0.5) is 5.82 Å². The third kappa shape index (κ3) is 2.52. The monoisotopic (exact) mass is 232 g/mol. The quantitative estimate of drug-likeness (QED) is 0.506. The molecule has 0 saturated carbocycles. The number of hydrogen-bond donors (Lipinski definition) is 4. The summed E-state index contributed by atoms with van der Waals surface area (Å²) in [5.41, 5.74) is 9.99. The predicted octanol–water partition coefficient (Wildman–Crippen LogP) is -1.41. The lowest BCUT2D eigenvalue weighted by molar-refractivity contribution is -0.132. The molecular formula is C7H9ClN4O3. The standard InChI is InChI=1S/C7H9ClN4O3/c8-5-6(9)11-1-2(12-5)3(13)4(14)7(10)15/h1,3-4,13-14H,(H2,9,11)(H2,10,15). The minimum absolute atomic E-state index is 0.0128. The van der Waals surface area contributed by atoms with Crippen LogP contribution in [0.15, 0.2) is 6.20 Å². The summed E-state index contributed by atoms with van der Waals surface area (Å²) in [5, 5.41) is 18.4. The number of aliphatic hydroxyl groups is 2. The molecule has 1 heterocycles. The summed E-state index contributed by atoms with van der Waals surface area (Å²) in [6, 6.07) is 0. The van der Waals surface area contributed by atoms with Crippen LogP contribution in [0.1, 0.15) is 11.8 Å². The van der Waals surface area contributed by atoms with Crippen LogP contribution in [0.5, 0.6) is 0 Å². The van der Waals surface area contributed by atoms with Gasteiger partial charge in [-0.3, -0.25) is 4.79 Å². The van der Waals surface area contributed by atoms with Gasteiger partial charge in [-0.1, -0.05) is 11.6 Å². The maximum absolute atomic E-state index is 10.6. The Morgan fingerprint density at radius 2 is 2.13 bits per heavy atom. The first-order valence-electron chi connectivity index (χ1n) is 3.87. The highest BCUT2D eigenvalue weighted by molar-refractivity contribution is 6.31. The van der Waals surface area contributed by atoms with E-state index in [1.807, 2.05) is 0 Å². The Kier molecular flexibility index (Phi) is 3.40. The number of nitrogen functional groups attached to an aromatic ring is 1. The van der Waals surface area contributed by atoms with E-state index >= 15 is 0 Å². The maximum atomic E-state index is 10.6. The van der Waals surface area contributed by atoms with Gasteiger partial charge in [-0.2, -0.15) is 0 Å². The second-order valence-corrected chi connectivity index (χ2v) is 3.12. The largest absolute Gasteiger partial charge is 0.383 e. The van der Waals surface area contributed by atoms with Crippen LogP contribution in [-0.2, 0) is 4.79 Å². The number of halogens is 1. The lowest BCUT2D eigenvalue weighted by Crippen LogP contribution is -2.34. The fourth-order valence-electron chi connectivity index (χ4n) is 0.848. The molecule has 7 nitrogen and oxygen atoms in total. The van der Waals surface area contributed by atoms with E-state index in [0.29, 0.717) is 0 Å². The summed E-state index contributed by atoms with van der Waals surface area (Å²) in [6.45, 7) is 0. The van der Waals surface area contributed by atoms with Crippen molar-refractivity contribution in [1.82, 2.24) is 9.97 Å². The van der Waals surface area contributed by atoms with Crippen LogP contribution >= 0.6 is 11.6 Å². The zero-order chi connectivity index (χ0) is 11.6. The molecule has 0 fully saturated rings. The molecule has 0 aliphatic rings. The van der Waals surface area contributed by atoms with Gasteiger partial charge in [-0.05, 0) is 0 Å². The molecule has 8 heteroatoms. The number of carbonyl (C=O) groups is 1. The maximum Gasteiger partial charge on any atom is 0.249 e. The predicted molar refractivity (Wildman–Crippen MR) is 51.6 cm³/mol. The number of aromatic nitrogens is 2. The van der Waals surface area contributed by atoms with Gasteiger partial charge in [-0.25, -0.2) is 9.97 Å². The minimum Gasteiger partial charge on any atom is -0.383 e. The Morgan fingerprint density at radius 3 is 2.60 bits per heavy atom. The third-order valence-electron chi connectivity index (χ3n) is 1.67. The molecule has 1 aromatic rings. The molecule has 82 valence electrons. The Balaban J connectivity index is 2.96. The number of amides is 1. The molecule has 0 saturated heterocycles. The highest BCUT2D eigenvalue weighted by atomic mass is 35.5. The van der Waals surface area contributed by atoms with Gasteiger partial charge >= 0.3 is 0 Å². The Bertz CT molecular complexity index is 386. The van der Waals surface area contributed by atoms with Crippen molar-refractivity contribution < 1.29 is 15.0 Å². The van der Waals surface area contributed by atoms with E-state index in [1.165, 1.54) is 0 Å². The summed E-state index contributed by atoms with van der Waals surface area (Å²) in [4.78, 5) is 17.8. The van der Waals surface area contributed by atoms with E-state index in [-0.39, 0.29) is 16.7 Å². The average Bonchev–Trinajstić information content (AvgIpc) is 2.19. The Morgan fingerprint density at radius 1 is 1.53 bits per heavy atom. The molecule has 15 heavy (non-hydrogen) atoms. The number of hydrogen-bond acceptors (Lipinski definition) is 6. The first-order chi connectivity index (χ1) is 6.93. The molecule has 2 unspecified atom stereocenters. The average molecular weight is 233 g/mol. The normalized spacial score (nSPS) is 14.6. The fourth-order valence-corrected chi connectivity index (χ4v) is 0.995. The van der Waals surface area contributed by atoms with E-state index in [9.17, 15) is 9.90 Å². The summed E-state index contributed by atoms with van der Waals surface area (Å²) in [6.07, 6.45) is -2.25. The minimum atomic E-state index is -1.76. The van der Waals surface area contributed by atoms with Gasteiger partial charge in [0.15, 0.2) is 17.1 Å². The van der Waals surface area contributed by atoms with E-state index in [1.54, 1.807) is 0 Å². The second-order valence-electron chi connectivity index (χ2n) is 2.76. The van der Waals surface area contributed by atoms with Crippen molar-refractivity contribution in [2.45, 2.75) is 12.2 Å². The van der Waals surface area contributed by atoms with E-state index < -0.39 is 18.1 Å². The van der Waals surface area contributed by atoms with Gasteiger partial charge in [0.05, 0.1) is 11.9 Å². The molecule has 0 aliphatic carbocycles. The van der Waals surface area contributed by atoms with Crippen LogP contribution in [0.2, 0.25) is 5.15 Å². The summed E-state index contributed by atoms with van der Waals surface area (Å²) >= 11 is 5.53. The number of carbonyl (C=O) groups excluding carboxylic acids is 1. The van der Waals surface area contributed by atoms with Gasteiger partial charge in [0.1, 0.15) is 6.10 Å². The van der Waals surface area contributed by atoms with Crippen LogP contribution in [0.3, 0.4) is 0 Å². The van der Waals surface area contributed by atoms with Crippen molar-refractivity contribution in [3.8, 4) is 0 Å². The van der Waals surface area contributed by atoms with E-state index in [4.69, 9.17) is 28.2 Å². The summed E-state index contributed by atoms with van der Waals surface area (Å²) < 4.78 is 0. The number of primary amides is 1. The molecule has 6 N–H and O–H groups in total. The molecule has 0 aromatic carbocycles. The smallest absolute Gasteiger partial charge is 0.249 e. The highest BCUT2D eigenvalue weighted by Crippen LogP contribution is 2.18. The molecule has 0 radical (unpaired) electrons. The molecule has 0 aliphatic heterocycles. The SMILES string of the molecule is NC(=O)C(O)C(O)c1cnc(N)c(Cl)n1. The lowest BCUT2D eigenvalue weighted by atomic mass is 10.1. The van der Waals surface area contributed by atoms with E-state index in [2.05, 4.69) is 9.97 Å². The lowest BCUT2D eigenvalue weighted by Gasteiger charge is -2.13. The van der Waals surface area contributed by atoms with Gasteiger partial charge in [0, 0.05) is 0 Å². The third-order valence-corrected chi connectivity index (χ3v) is 1.95. The summed E-state index contributed by atoms with van der Waals surface area (Å²) in [5.74, 6) is -1.08. The van der Waals surface area contributed by atoms with Crippen LogP contribution < -0.4 is 11.5 Å². The molecule has 0 bridgehead atoms. The van der Waals surface area contributed by atoms with Crippen LogP contribution in [-0.4, -0.2) is 32.2 Å².